The summed E-state index contributed by atoms with van der Waals surface area (Å²) in [5.74, 6) is -0.935. The number of methoxy groups -OCH3 is 1. The quantitative estimate of drug-likeness (QED) is 0.830. The molecule has 1 aromatic rings. The van der Waals surface area contributed by atoms with E-state index in [1.807, 2.05) is 13.8 Å². The molecule has 5 heteroatoms. The highest BCUT2D eigenvalue weighted by Crippen LogP contribution is 2.14. The van der Waals surface area contributed by atoms with Crippen LogP contribution in [-0.2, 0) is 11.3 Å². The standard InChI is InChI=1S/C11H18N2O3/c1-8-9(10(14)15)7-13(12-8)6-5-11(2,3)16-4/h7H,5-6H2,1-4H3,(H,14,15). The van der Waals surface area contributed by atoms with E-state index in [4.69, 9.17) is 9.84 Å². The smallest absolute Gasteiger partial charge is 0.339 e. The summed E-state index contributed by atoms with van der Waals surface area (Å²) < 4.78 is 6.94. The highest BCUT2D eigenvalue weighted by molar-refractivity contribution is 5.88. The van der Waals surface area contributed by atoms with Crippen LogP contribution >= 0.6 is 0 Å². The Bertz CT molecular complexity index is 383. The number of aromatic nitrogens is 2. The third-order valence-electron chi connectivity index (χ3n) is 2.67. The molecule has 0 aliphatic rings. The number of carboxylic acids is 1. The third-order valence-corrected chi connectivity index (χ3v) is 2.67. The maximum atomic E-state index is 10.8. The minimum absolute atomic E-state index is 0.219. The molecule has 1 N–H and O–H groups in total. The van der Waals surface area contributed by atoms with Gasteiger partial charge in [-0.2, -0.15) is 5.10 Å². The van der Waals surface area contributed by atoms with Gasteiger partial charge in [-0.1, -0.05) is 0 Å². The molecule has 0 fully saturated rings. The fourth-order valence-electron chi connectivity index (χ4n) is 1.33. The summed E-state index contributed by atoms with van der Waals surface area (Å²) in [4.78, 5) is 10.8. The monoisotopic (exact) mass is 226 g/mol. The highest BCUT2D eigenvalue weighted by atomic mass is 16.5. The van der Waals surface area contributed by atoms with Crippen LogP contribution in [0.25, 0.3) is 0 Å². The number of hydrogen-bond acceptors (Lipinski definition) is 3. The summed E-state index contributed by atoms with van der Waals surface area (Å²) in [5, 5.41) is 13.0. The summed E-state index contributed by atoms with van der Waals surface area (Å²) in [7, 11) is 1.66. The van der Waals surface area contributed by atoms with Gasteiger partial charge in [-0.15, -0.1) is 0 Å². The number of hydrogen-bond donors (Lipinski definition) is 1. The Balaban J connectivity index is 2.69. The van der Waals surface area contributed by atoms with Gasteiger partial charge in [-0.3, -0.25) is 4.68 Å². The van der Waals surface area contributed by atoms with Crippen molar-refractivity contribution in [3.8, 4) is 0 Å². The summed E-state index contributed by atoms with van der Waals surface area (Å²) in [6.07, 6.45) is 2.34. The maximum Gasteiger partial charge on any atom is 0.339 e. The van der Waals surface area contributed by atoms with Gasteiger partial charge in [0.25, 0.3) is 0 Å². The number of ether oxygens (including phenoxy) is 1. The molecule has 0 atom stereocenters. The summed E-state index contributed by atoms with van der Waals surface area (Å²) in [5.41, 5.74) is 0.585. The van der Waals surface area contributed by atoms with Crippen LogP contribution in [0.1, 0.15) is 36.3 Å². The lowest BCUT2D eigenvalue weighted by Crippen LogP contribution is -2.24. The first-order chi connectivity index (χ1) is 7.35. The van der Waals surface area contributed by atoms with Gasteiger partial charge in [0.1, 0.15) is 5.56 Å². The fraction of sp³-hybridized carbons (Fsp3) is 0.636. The number of aromatic carboxylic acids is 1. The van der Waals surface area contributed by atoms with Crippen LogP contribution in [0.15, 0.2) is 6.20 Å². The zero-order valence-electron chi connectivity index (χ0n) is 10.1. The molecule has 1 rings (SSSR count). The maximum absolute atomic E-state index is 10.8. The molecule has 0 amide bonds. The molecule has 0 bridgehead atoms. The molecule has 1 heterocycles. The van der Waals surface area contributed by atoms with Gasteiger partial charge in [0, 0.05) is 19.9 Å². The predicted molar refractivity (Wildman–Crippen MR) is 59.6 cm³/mol. The Labute approximate surface area is 95.0 Å². The van der Waals surface area contributed by atoms with E-state index in [0.717, 1.165) is 6.42 Å². The van der Waals surface area contributed by atoms with E-state index in [2.05, 4.69) is 5.10 Å². The molecule has 0 aromatic carbocycles. The second-order valence-corrected chi connectivity index (χ2v) is 4.41. The van der Waals surface area contributed by atoms with Crippen molar-refractivity contribution >= 4 is 5.97 Å². The Hall–Kier alpha value is -1.36. The zero-order valence-corrected chi connectivity index (χ0v) is 10.1. The molecule has 5 nitrogen and oxygen atoms in total. The first-order valence-electron chi connectivity index (χ1n) is 5.18. The lowest BCUT2D eigenvalue weighted by molar-refractivity contribution is 0.0113. The van der Waals surface area contributed by atoms with E-state index in [1.165, 1.54) is 0 Å². The van der Waals surface area contributed by atoms with E-state index in [0.29, 0.717) is 12.2 Å². The van der Waals surface area contributed by atoms with Crippen LogP contribution in [0, 0.1) is 6.92 Å². The van der Waals surface area contributed by atoms with Gasteiger partial charge in [0.2, 0.25) is 0 Å². The van der Waals surface area contributed by atoms with Gasteiger partial charge < -0.3 is 9.84 Å². The first kappa shape index (κ1) is 12.7. The number of carboxylic acid groups (broad SMARTS) is 1. The lowest BCUT2D eigenvalue weighted by atomic mass is 10.1. The van der Waals surface area contributed by atoms with Crippen LogP contribution in [0.2, 0.25) is 0 Å². The molecule has 0 saturated carbocycles. The van der Waals surface area contributed by atoms with Crippen LogP contribution in [0.3, 0.4) is 0 Å². The Morgan fingerprint density at radius 3 is 2.69 bits per heavy atom. The fourth-order valence-corrected chi connectivity index (χ4v) is 1.33. The number of carbonyl (C=O) groups is 1. The molecule has 16 heavy (non-hydrogen) atoms. The van der Waals surface area contributed by atoms with Crippen molar-refractivity contribution in [3.05, 3.63) is 17.5 Å². The number of nitrogens with zero attached hydrogens (tertiary/aromatic N) is 2. The van der Waals surface area contributed by atoms with Gasteiger partial charge in [-0.25, -0.2) is 4.79 Å². The molecule has 90 valence electrons. The van der Waals surface area contributed by atoms with E-state index in [9.17, 15) is 4.79 Å². The van der Waals surface area contributed by atoms with E-state index in [1.54, 1.807) is 24.9 Å². The Morgan fingerprint density at radius 1 is 1.62 bits per heavy atom. The highest BCUT2D eigenvalue weighted by Gasteiger charge is 2.17. The van der Waals surface area contributed by atoms with E-state index < -0.39 is 5.97 Å². The first-order valence-corrected chi connectivity index (χ1v) is 5.18. The normalized spacial score (nSPS) is 11.8. The molecule has 0 spiro atoms. The van der Waals surface area contributed by atoms with Gasteiger partial charge in [0.05, 0.1) is 11.3 Å². The van der Waals surface area contributed by atoms with Gasteiger partial charge in [-0.05, 0) is 27.2 Å². The second kappa shape index (κ2) is 4.65. The topological polar surface area (TPSA) is 64.3 Å². The largest absolute Gasteiger partial charge is 0.478 e. The van der Waals surface area contributed by atoms with Crippen molar-refractivity contribution in [2.24, 2.45) is 0 Å². The minimum atomic E-state index is -0.935. The molecule has 0 aliphatic heterocycles. The van der Waals surface area contributed by atoms with Crippen molar-refractivity contribution in [3.63, 3.8) is 0 Å². The van der Waals surface area contributed by atoms with Crippen molar-refractivity contribution in [1.29, 1.82) is 0 Å². The van der Waals surface area contributed by atoms with Crippen LogP contribution in [0.4, 0.5) is 0 Å². The molecular formula is C11H18N2O3. The summed E-state index contributed by atoms with van der Waals surface area (Å²) in [6, 6.07) is 0. The molecule has 0 radical (unpaired) electrons. The number of rotatable bonds is 5. The lowest BCUT2D eigenvalue weighted by Gasteiger charge is -2.22. The van der Waals surface area contributed by atoms with Crippen LogP contribution in [0.5, 0.6) is 0 Å². The zero-order chi connectivity index (χ0) is 12.3. The minimum Gasteiger partial charge on any atom is -0.478 e. The van der Waals surface area contributed by atoms with Crippen LogP contribution in [-0.4, -0.2) is 33.6 Å². The van der Waals surface area contributed by atoms with Crippen molar-refractivity contribution < 1.29 is 14.6 Å². The SMILES string of the molecule is COC(C)(C)CCn1cc(C(=O)O)c(C)n1. The summed E-state index contributed by atoms with van der Waals surface area (Å²) in [6.45, 7) is 6.32. The third kappa shape index (κ3) is 3.06. The number of aryl methyl sites for hydroxylation is 2. The Morgan fingerprint density at radius 2 is 2.25 bits per heavy atom. The Kier molecular flexibility index (Phi) is 3.70. The van der Waals surface area contributed by atoms with E-state index in [-0.39, 0.29) is 11.2 Å². The summed E-state index contributed by atoms with van der Waals surface area (Å²) >= 11 is 0. The predicted octanol–water partition coefficient (Wildman–Crippen LogP) is 1.70. The average Bonchev–Trinajstić information content (AvgIpc) is 2.57. The van der Waals surface area contributed by atoms with Crippen LogP contribution < -0.4 is 0 Å². The average molecular weight is 226 g/mol. The van der Waals surface area contributed by atoms with Crippen molar-refractivity contribution in [1.82, 2.24) is 9.78 Å². The second-order valence-electron chi connectivity index (χ2n) is 4.41. The molecule has 1 aromatic heterocycles. The van der Waals surface area contributed by atoms with Crippen molar-refractivity contribution in [2.45, 2.75) is 39.3 Å². The molecule has 0 saturated heterocycles. The molecular weight excluding hydrogens is 208 g/mol. The van der Waals surface area contributed by atoms with Gasteiger partial charge in [0.15, 0.2) is 0 Å². The van der Waals surface area contributed by atoms with E-state index >= 15 is 0 Å². The van der Waals surface area contributed by atoms with Gasteiger partial charge >= 0.3 is 5.97 Å². The molecule has 0 unspecified atom stereocenters. The van der Waals surface area contributed by atoms with Crippen molar-refractivity contribution in [2.75, 3.05) is 7.11 Å². The molecule has 0 aliphatic carbocycles.